The number of aryl methyl sites for hydroxylation is 1. The summed E-state index contributed by atoms with van der Waals surface area (Å²) in [6.45, 7) is 6.54. The first-order valence-corrected chi connectivity index (χ1v) is 6.61. The first-order valence-electron chi connectivity index (χ1n) is 6.61. The van der Waals surface area contributed by atoms with E-state index in [1.165, 1.54) is 0 Å². The lowest BCUT2D eigenvalue weighted by Gasteiger charge is -2.16. The number of aromatic nitrogens is 1. The van der Waals surface area contributed by atoms with E-state index in [-0.39, 0.29) is 12.4 Å². The van der Waals surface area contributed by atoms with Crippen LogP contribution in [0.1, 0.15) is 37.1 Å². The second kappa shape index (κ2) is 7.43. The van der Waals surface area contributed by atoms with Gasteiger partial charge in [-0.15, -0.1) is 0 Å². The third-order valence-electron chi connectivity index (χ3n) is 3.03. The Morgan fingerprint density at radius 1 is 1.37 bits per heavy atom. The molecule has 1 aromatic rings. The summed E-state index contributed by atoms with van der Waals surface area (Å²) in [4.78, 5) is 4.01. The molecule has 4 N–H and O–H groups in total. The van der Waals surface area contributed by atoms with E-state index in [0.29, 0.717) is 35.8 Å². The van der Waals surface area contributed by atoms with Crippen LogP contribution < -0.4 is 5.32 Å². The molecule has 0 aliphatic heterocycles. The first kappa shape index (κ1) is 15.9. The molecule has 5 heteroatoms. The Balaban J connectivity index is 2.60. The number of aliphatic hydroxyl groups is 2. The second-order valence-electron chi connectivity index (χ2n) is 5.27. The highest BCUT2D eigenvalue weighted by Crippen LogP contribution is 2.23. The number of nitrogens with one attached hydrogen (secondary N) is 1. The number of pyridine rings is 1. The van der Waals surface area contributed by atoms with Crippen LogP contribution in [-0.2, 0) is 13.2 Å². The van der Waals surface area contributed by atoms with E-state index in [1.54, 1.807) is 13.1 Å². The fraction of sp³-hybridized carbons (Fsp3) is 0.643. The van der Waals surface area contributed by atoms with Crippen molar-refractivity contribution in [2.75, 3.05) is 6.54 Å². The van der Waals surface area contributed by atoms with Crippen LogP contribution in [0.3, 0.4) is 0 Å². The van der Waals surface area contributed by atoms with Gasteiger partial charge in [0.25, 0.3) is 0 Å². The largest absolute Gasteiger partial charge is 0.506 e. The van der Waals surface area contributed by atoms with Crippen LogP contribution in [0.5, 0.6) is 5.75 Å². The predicted octanol–water partition coefficient (Wildman–Crippen LogP) is 1.08. The molecule has 1 heterocycles. The number of aliphatic hydroxyl groups excluding tert-OH is 2. The number of nitrogens with zero attached hydrogens (tertiary/aromatic N) is 1. The van der Waals surface area contributed by atoms with Crippen molar-refractivity contribution in [3.63, 3.8) is 0 Å². The highest BCUT2D eigenvalue weighted by atomic mass is 16.3. The van der Waals surface area contributed by atoms with Crippen LogP contribution in [0.25, 0.3) is 0 Å². The molecule has 5 nitrogen and oxygen atoms in total. The molecule has 0 radical (unpaired) electrons. The highest BCUT2D eigenvalue weighted by Gasteiger charge is 2.12. The number of hydrogen-bond acceptors (Lipinski definition) is 5. The molecule has 19 heavy (non-hydrogen) atoms. The Bertz CT molecular complexity index is 408. The van der Waals surface area contributed by atoms with Crippen molar-refractivity contribution < 1.29 is 15.3 Å². The molecule has 0 spiro atoms. The van der Waals surface area contributed by atoms with E-state index in [4.69, 9.17) is 0 Å². The van der Waals surface area contributed by atoms with E-state index in [9.17, 15) is 15.3 Å². The normalized spacial score (nSPS) is 12.9. The van der Waals surface area contributed by atoms with Gasteiger partial charge < -0.3 is 20.6 Å². The van der Waals surface area contributed by atoms with E-state index in [1.807, 2.05) is 0 Å². The topological polar surface area (TPSA) is 85.6 Å². The molecule has 1 rings (SSSR count). The van der Waals surface area contributed by atoms with Gasteiger partial charge in [-0.2, -0.15) is 0 Å². The second-order valence-corrected chi connectivity index (χ2v) is 5.27. The molecule has 0 saturated carbocycles. The Morgan fingerprint density at radius 3 is 2.63 bits per heavy atom. The third-order valence-corrected chi connectivity index (χ3v) is 3.03. The average molecular weight is 268 g/mol. The maximum Gasteiger partial charge on any atom is 0.141 e. The number of aromatic hydroxyl groups is 1. The molecular weight excluding hydrogens is 244 g/mol. The van der Waals surface area contributed by atoms with Crippen LogP contribution in [0, 0.1) is 12.8 Å². The van der Waals surface area contributed by atoms with Gasteiger partial charge in [-0.1, -0.05) is 13.8 Å². The Morgan fingerprint density at radius 2 is 2.05 bits per heavy atom. The van der Waals surface area contributed by atoms with Gasteiger partial charge in [-0.25, -0.2) is 0 Å². The van der Waals surface area contributed by atoms with Crippen molar-refractivity contribution >= 4 is 0 Å². The van der Waals surface area contributed by atoms with Gasteiger partial charge in [-0.3, -0.25) is 4.98 Å². The first-order chi connectivity index (χ1) is 8.95. The SMILES string of the molecule is Cc1ncc(CO)c(CNCC(O)CC(C)C)c1O. The summed E-state index contributed by atoms with van der Waals surface area (Å²) >= 11 is 0. The van der Waals surface area contributed by atoms with Crippen LogP contribution in [0.4, 0.5) is 0 Å². The number of hydrogen-bond donors (Lipinski definition) is 4. The standard InChI is InChI=1S/C14H24N2O3/c1-9(2)4-12(18)6-15-7-13-11(8-17)5-16-10(3)14(13)19/h5,9,12,15,17-19H,4,6-8H2,1-3H3. The van der Waals surface area contributed by atoms with Gasteiger partial charge in [-0.05, 0) is 19.3 Å². The van der Waals surface area contributed by atoms with Gasteiger partial charge in [0.05, 0.1) is 18.4 Å². The van der Waals surface area contributed by atoms with Crippen molar-refractivity contribution in [1.82, 2.24) is 10.3 Å². The van der Waals surface area contributed by atoms with Gasteiger partial charge in [0.1, 0.15) is 5.75 Å². The lowest BCUT2D eigenvalue weighted by molar-refractivity contribution is 0.146. The number of rotatable bonds is 7. The summed E-state index contributed by atoms with van der Waals surface area (Å²) in [5.74, 6) is 0.554. The van der Waals surface area contributed by atoms with Gasteiger partial charge >= 0.3 is 0 Å². The van der Waals surface area contributed by atoms with E-state index in [2.05, 4.69) is 24.1 Å². The van der Waals surface area contributed by atoms with Crippen molar-refractivity contribution in [2.24, 2.45) is 5.92 Å². The minimum Gasteiger partial charge on any atom is -0.506 e. The zero-order chi connectivity index (χ0) is 14.4. The van der Waals surface area contributed by atoms with E-state index in [0.717, 1.165) is 6.42 Å². The summed E-state index contributed by atoms with van der Waals surface area (Å²) in [7, 11) is 0. The van der Waals surface area contributed by atoms with Crippen LogP contribution in [0.15, 0.2) is 6.20 Å². The van der Waals surface area contributed by atoms with Crippen molar-refractivity contribution in [3.05, 3.63) is 23.0 Å². The summed E-state index contributed by atoms with van der Waals surface area (Å²) in [6.07, 6.45) is 1.90. The van der Waals surface area contributed by atoms with E-state index < -0.39 is 6.10 Å². The maximum atomic E-state index is 9.94. The summed E-state index contributed by atoms with van der Waals surface area (Å²) in [5.41, 5.74) is 1.79. The van der Waals surface area contributed by atoms with Crippen LogP contribution in [-0.4, -0.2) is 33.0 Å². The fourth-order valence-electron chi connectivity index (χ4n) is 2.01. The zero-order valence-corrected chi connectivity index (χ0v) is 11.8. The molecule has 1 unspecified atom stereocenters. The van der Waals surface area contributed by atoms with Gasteiger partial charge in [0.15, 0.2) is 0 Å². The summed E-state index contributed by atoms with van der Waals surface area (Å²) in [6, 6.07) is 0. The maximum absolute atomic E-state index is 9.94. The molecule has 0 aliphatic carbocycles. The molecule has 0 saturated heterocycles. The fourth-order valence-corrected chi connectivity index (χ4v) is 2.01. The van der Waals surface area contributed by atoms with Crippen molar-refractivity contribution in [1.29, 1.82) is 0 Å². The van der Waals surface area contributed by atoms with E-state index >= 15 is 0 Å². The smallest absolute Gasteiger partial charge is 0.141 e. The zero-order valence-electron chi connectivity index (χ0n) is 11.8. The van der Waals surface area contributed by atoms with Crippen LogP contribution >= 0.6 is 0 Å². The summed E-state index contributed by atoms with van der Waals surface area (Å²) < 4.78 is 0. The molecule has 108 valence electrons. The average Bonchev–Trinajstić information content (AvgIpc) is 2.34. The molecule has 0 aliphatic rings. The van der Waals surface area contributed by atoms with Crippen molar-refractivity contribution in [3.8, 4) is 5.75 Å². The molecular formula is C14H24N2O3. The van der Waals surface area contributed by atoms with Crippen molar-refractivity contribution in [2.45, 2.75) is 46.4 Å². The predicted molar refractivity (Wildman–Crippen MR) is 73.7 cm³/mol. The minimum atomic E-state index is -0.400. The molecule has 0 fully saturated rings. The van der Waals surface area contributed by atoms with Crippen LogP contribution in [0.2, 0.25) is 0 Å². The molecule has 1 aromatic heterocycles. The highest BCUT2D eigenvalue weighted by molar-refractivity contribution is 5.40. The summed E-state index contributed by atoms with van der Waals surface area (Å²) in [5, 5.41) is 32.0. The monoisotopic (exact) mass is 268 g/mol. The quantitative estimate of drug-likeness (QED) is 0.594. The minimum absolute atomic E-state index is 0.109. The van der Waals surface area contributed by atoms with Gasteiger partial charge in [0.2, 0.25) is 0 Å². The molecule has 0 bridgehead atoms. The molecule has 1 atom stereocenters. The lowest BCUT2D eigenvalue weighted by Crippen LogP contribution is -2.28. The molecule has 0 amide bonds. The molecule has 0 aromatic carbocycles. The lowest BCUT2D eigenvalue weighted by atomic mass is 10.1. The Kier molecular flexibility index (Phi) is 6.21. The van der Waals surface area contributed by atoms with Gasteiger partial charge in [0, 0.05) is 30.4 Å². The Hall–Kier alpha value is -1.17. The third kappa shape index (κ3) is 4.78. The Labute approximate surface area is 114 Å².